The van der Waals surface area contributed by atoms with Crippen molar-refractivity contribution < 1.29 is 15.7 Å². The molecule has 8 N–H and O–H groups in total. The highest BCUT2D eigenvalue weighted by molar-refractivity contribution is 6.20. The number of rotatable bonds is 6. The van der Waals surface area contributed by atoms with Gasteiger partial charge in [0, 0.05) is 30.4 Å². The molecule has 6 nitrogen and oxygen atoms in total. The third-order valence-electron chi connectivity index (χ3n) is 8.64. The van der Waals surface area contributed by atoms with Gasteiger partial charge in [-0.2, -0.15) is 0 Å². The van der Waals surface area contributed by atoms with Gasteiger partial charge in [0.15, 0.2) is 0 Å². The molecule has 3 fully saturated rings. The van der Waals surface area contributed by atoms with Crippen molar-refractivity contribution in [1.82, 2.24) is 16.4 Å². The molecule has 206 valence electrons. The number of piperidine rings is 1. The molecule has 1 saturated heterocycles. The molecule has 1 amide bonds. The summed E-state index contributed by atoms with van der Waals surface area (Å²) in [5.41, 5.74) is 0.340. The maximum Gasteiger partial charge on any atom is 0.223 e. The Labute approximate surface area is 215 Å². The molecule has 1 aliphatic heterocycles. The van der Waals surface area contributed by atoms with Gasteiger partial charge in [-0.1, -0.05) is 42.0 Å². The summed E-state index contributed by atoms with van der Waals surface area (Å²) in [4.78, 5) is 15.6. The van der Waals surface area contributed by atoms with Crippen LogP contribution in [0.1, 0.15) is 99.8 Å². The molecule has 2 aliphatic carbocycles. The maximum absolute atomic E-state index is 12.9. The van der Waals surface area contributed by atoms with Crippen molar-refractivity contribution in [1.29, 1.82) is 0 Å². The lowest BCUT2D eigenvalue weighted by atomic mass is 9.64. The largest absolute Gasteiger partial charge is 0.412 e. The van der Waals surface area contributed by atoms with Gasteiger partial charge < -0.3 is 27.3 Å². The van der Waals surface area contributed by atoms with Gasteiger partial charge in [0.2, 0.25) is 5.91 Å². The summed E-state index contributed by atoms with van der Waals surface area (Å²) in [6.45, 7) is 15.1. The molecule has 3 rings (SSSR count). The van der Waals surface area contributed by atoms with E-state index in [-0.39, 0.29) is 36.5 Å². The molecule has 0 aromatic carbocycles. The molecular formula is C27H58ClN3O3. The molecule has 0 radical (unpaired) electrons. The minimum Gasteiger partial charge on any atom is -0.412 e. The zero-order chi connectivity index (χ0) is 21.9. The van der Waals surface area contributed by atoms with Gasteiger partial charge in [0.05, 0.1) is 0 Å². The van der Waals surface area contributed by atoms with Gasteiger partial charge in [-0.25, -0.2) is 0 Å². The van der Waals surface area contributed by atoms with E-state index in [1.807, 2.05) is 0 Å². The predicted octanol–water partition coefficient (Wildman–Crippen LogP) is 5.25. The fourth-order valence-electron chi connectivity index (χ4n) is 6.52. The molecule has 2 atom stereocenters. The van der Waals surface area contributed by atoms with E-state index in [1.165, 1.54) is 51.5 Å². The third kappa shape index (κ3) is 9.57. The molecule has 0 aromatic heterocycles. The van der Waals surface area contributed by atoms with Crippen LogP contribution in [0.5, 0.6) is 0 Å². The van der Waals surface area contributed by atoms with Crippen LogP contribution in [0.3, 0.4) is 0 Å². The second kappa shape index (κ2) is 15.7. The topological polar surface area (TPSA) is 130 Å². The molecular weight excluding hydrogens is 450 g/mol. The quantitative estimate of drug-likeness (QED) is 0.476. The van der Waals surface area contributed by atoms with Crippen LogP contribution in [0.2, 0.25) is 0 Å². The second-order valence-corrected chi connectivity index (χ2v) is 12.6. The van der Waals surface area contributed by atoms with E-state index in [9.17, 15) is 4.79 Å². The molecule has 0 unspecified atom stereocenters. The summed E-state index contributed by atoms with van der Waals surface area (Å²) in [6.07, 6.45) is 10.9. The fraction of sp³-hybridized carbons (Fsp3) is 0.963. The molecule has 3 aliphatic rings. The summed E-state index contributed by atoms with van der Waals surface area (Å²) in [5.74, 6) is 3.48. The number of amides is 1. The Morgan fingerprint density at radius 1 is 1.00 bits per heavy atom. The SMILES string of the molecule is C.CC1CCC(C(=O)N[C@@H](CN2CC[C@H](C3CCC(Cl)CC3)C(C)(C)C2)C(C)C)CC1.N.O.O. The molecule has 2 saturated carbocycles. The van der Waals surface area contributed by atoms with Gasteiger partial charge >= 0.3 is 0 Å². The monoisotopic (exact) mass is 507 g/mol. The maximum atomic E-state index is 12.9. The van der Waals surface area contributed by atoms with Gasteiger partial charge in [0.1, 0.15) is 0 Å². The van der Waals surface area contributed by atoms with Crippen molar-refractivity contribution >= 4 is 17.5 Å². The zero-order valence-electron chi connectivity index (χ0n) is 22.0. The van der Waals surface area contributed by atoms with Crippen LogP contribution in [0.15, 0.2) is 0 Å². The number of hydrogen-bond donors (Lipinski definition) is 2. The number of likely N-dealkylation sites (tertiary alicyclic amines) is 1. The lowest BCUT2D eigenvalue weighted by Crippen LogP contribution is -2.54. The number of alkyl halides is 1. The minimum absolute atomic E-state index is 0. The highest BCUT2D eigenvalue weighted by Gasteiger charge is 2.41. The van der Waals surface area contributed by atoms with Crippen LogP contribution in [-0.2, 0) is 4.79 Å². The van der Waals surface area contributed by atoms with E-state index in [2.05, 4.69) is 44.8 Å². The van der Waals surface area contributed by atoms with Crippen LogP contribution in [0, 0.1) is 35.0 Å². The van der Waals surface area contributed by atoms with Crippen molar-refractivity contribution in [3.05, 3.63) is 0 Å². The predicted molar refractivity (Wildman–Crippen MR) is 147 cm³/mol. The summed E-state index contributed by atoms with van der Waals surface area (Å²) >= 11 is 6.36. The second-order valence-electron chi connectivity index (χ2n) is 11.9. The minimum atomic E-state index is 0. The van der Waals surface area contributed by atoms with Gasteiger partial charge in [-0.05, 0) is 93.4 Å². The number of nitrogens with zero attached hydrogens (tertiary/aromatic N) is 1. The first-order valence-electron chi connectivity index (χ1n) is 12.8. The van der Waals surface area contributed by atoms with Crippen molar-refractivity contribution in [3.63, 3.8) is 0 Å². The van der Waals surface area contributed by atoms with E-state index in [0.29, 0.717) is 22.6 Å². The Kier molecular flexibility index (Phi) is 16.5. The number of nitrogens with one attached hydrogen (secondary N) is 1. The van der Waals surface area contributed by atoms with Crippen molar-refractivity contribution in [2.75, 3.05) is 19.6 Å². The van der Waals surface area contributed by atoms with Crippen molar-refractivity contribution in [2.45, 2.75) is 111 Å². The van der Waals surface area contributed by atoms with E-state index in [0.717, 1.165) is 43.7 Å². The van der Waals surface area contributed by atoms with E-state index < -0.39 is 0 Å². The summed E-state index contributed by atoms with van der Waals surface area (Å²) in [5, 5.41) is 3.87. The lowest BCUT2D eigenvalue weighted by molar-refractivity contribution is -0.127. The number of carbonyl (C=O) groups is 1. The van der Waals surface area contributed by atoms with Crippen LogP contribution in [0.25, 0.3) is 0 Å². The van der Waals surface area contributed by atoms with Gasteiger partial charge in [0.25, 0.3) is 0 Å². The summed E-state index contributed by atoms with van der Waals surface area (Å²) in [7, 11) is 0. The van der Waals surface area contributed by atoms with E-state index in [4.69, 9.17) is 11.6 Å². The van der Waals surface area contributed by atoms with Crippen LogP contribution < -0.4 is 11.5 Å². The average molecular weight is 508 g/mol. The standard InChI is InChI=1S/C26H47ClN2O.CH4.H3N.2H2O/c1-18(2)24(28-25(30)21-8-6-19(3)7-9-21)16-29-15-14-23(26(4,5)17-29)20-10-12-22(27)13-11-20;;;;/h18-24H,6-17H2,1-5H3,(H,28,30);1H4;1H3;2*1H2/t19?,20?,21?,22?,23-,24+;;;;/m1..../s1. The number of halogens is 1. The Bertz CT molecular complexity index is 559. The first-order valence-corrected chi connectivity index (χ1v) is 13.3. The lowest BCUT2D eigenvalue weighted by Gasteiger charge is -2.49. The molecule has 1 heterocycles. The Balaban J connectivity index is 0. The van der Waals surface area contributed by atoms with Crippen LogP contribution in [0.4, 0.5) is 0 Å². The normalized spacial score (nSPS) is 32.1. The summed E-state index contributed by atoms with van der Waals surface area (Å²) in [6, 6.07) is 0.260. The van der Waals surface area contributed by atoms with E-state index >= 15 is 0 Å². The Morgan fingerprint density at radius 3 is 2.06 bits per heavy atom. The smallest absolute Gasteiger partial charge is 0.223 e. The highest BCUT2D eigenvalue weighted by atomic mass is 35.5. The van der Waals surface area contributed by atoms with Crippen molar-refractivity contribution in [3.8, 4) is 0 Å². The molecule has 0 bridgehead atoms. The first kappa shape index (κ1) is 35.8. The van der Waals surface area contributed by atoms with Gasteiger partial charge in [-0.15, -0.1) is 11.6 Å². The third-order valence-corrected chi connectivity index (χ3v) is 9.07. The molecule has 0 aromatic rings. The zero-order valence-corrected chi connectivity index (χ0v) is 22.7. The molecule has 34 heavy (non-hydrogen) atoms. The number of carbonyl (C=O) groups excluding carboxylic acids is 1. The fourth-order valence-corrected chi connectivity index (χ4v) is 6.77. The first-order chi connectivity index (χ1) is 14.2. The van der Waals surface area contributed by atoms with Gasteiger partial charge in [-0.3, -0.25) is 4.79 Å². The molecule has 0 spiro atoms. The number of hydrogen-bond acceptors (Lipinski definition) is 3. The molecule has 7 heteroatoms. The Hall–Kier alpha value is -0.400. The highest BCUT2D eigenvalue weighted by Crippen LogP contribution is 2.45. The van der Waals surface area contributed by atoms with Crippen LogP contribution >= 0.6 is 11.6 Å². The van der Waals surface area contributed by atoms with Crippen LogP contribution in [-0.4, -0.2) is 52.8 Å². The summed E-state index contributed by atoms with van der Waals surface area (Å²) < 4.78 is 0. The van der Waals surface area contributed by atoms with Crippen molar-refractivity contribution in [2.24, 2.45) is 35.0 Å². The van der Waals surface area contributed by atoms with E-state index in [1.54, 1.807) is 0 Å². The Morgan fingerprint density at radius 2 is 1.56 bits per heavy atom. The average Bonchev–Trinajstić information content (AvgIpc) is 2.68.